The monoisotopic (exact) mass is 511 g/mol. The van der Waals surface area contributed by atoms with Gasteiger partial charge in [0.05, 0.1) is 37.8 Å². The summed E-state index contributed by atoms with van der Waals surface area (Å²) in [6, 6.07) is 13.7. The van der Waals surface area contributed by atoms with Gasteiger partial charge in [0.1, 0.15) is 6.10 Å². The highest BCUT2D eigenvalue weighted by atomic mass is 32.2. The molecule has 188 valence electrons. The van der Waals surface area contributed by atoms with Crippen molar-refractivity contribution in [1.29, 1.82) is 0 Å². The summed E-state index contributed by atoms with van der Waals surface area (Å²) in [4.78, 5) is 29.6. The van der Waals surface area contributed by atoms with Gasteiger partial charge in [0.25, 0.3) is 11.8 Å². The molecule has 1 fully saturated rings. The van der Waals surface area contributed by atoms with Gasteiger partial charge in [0, 0.05) is 36.1 Å². The third kappa shape index (κ3) is 5.81. The van der Waals surface area contributed by atoms with Gasteiger partial charge in [-0.2, -0.15) is 0 Å². The van der Waals surface area contributed by atoms with Gasteiger partial charge >= 0.3 is 0 Å². The highest BCUT2D eigenvalue weighted by Gasteiger charge is 2.28. The summed E-state index contributed by atoms with van der Waals surface area (Å²) in [6.45, 7) is 0.977. The Balaban J connectivity index is 1.58. The summed E-state index contributed by atoms with van der Waals surface area (Å²) in [5.74, 6) is -0.415. The van der Waals surface area contributed by atoms with Crippen molar-refractivity contribution in [1.82, 2.24) is 4.98 Å². The van der Waals surface area contributed by atoms with E-state index in [1.54, 1.807) is 24.4 Å². The van der Waals surface area contributed by atoms with Crippen molar-refractivity contribution >= 4 is 33.2 Å². The first-order valence-corrected chi connectivity index (χ1v) is 12.9. The number of benzene rings is 2. The number of carbonyl (C=O) groups excluding carboxylic acids is 2. The zero-order chi connectivity index (χ0) is 25.7. The van der Waals surface area contributed by atoms with Crippen molar-refractivity contribution in [3.63, 3.8) is 0 Å². The maximum absolute atomic E-state index is 13.3. The predicted molar refractivity (Wildman–Crippen MR) is 133 cm³/mol. The number of carbonyl (C=O) groups is 2. The largest absolute Gasteiger partial charge is 0.493 e. The van der Waals surface area contributed by atoms with Crippen LogP contribution in [0.2, 0.25) is 0 Å². The molecule has 2 heterocycles. The second-order valence-corrected chi connectivity index (χ2v) is 9.88. The van der Waals surface area contributed by atoms with E-state index in [-0.39, 0.29) is 23.3 Å². The first-order chi connectivity index (χ1) is 17.3. The molecular formula is C25H25N3O7S. The van der Waals surface area contributed by atoms with E-state index in [4.69, 9.17) is 14.2 Å². The van der Waals surface area contributed by atoms with Gasteiger partial charge in [-0.3, -0.25) is 14.6 Å². The topological polar surface area (TPSA) is 124 Å². The Morgan fingerprint density at radius 2 is 1.86 bits per heavy atom. The van der Waals surface area contributed by atoms with E-state index >= 15 is 0 Å². The summed E-state index contributed by atoms with van der Waals surface area (Å²) in [6.07, 6.45) is 4.43. The first kappa shape index (κ1) is 25.1. The number of nitrogens with one attached hydrogen (secondary N) is 1. The van der Waals surface area contributed by atoms with Crippen LogP contribution in [0.3, 0.4) is 0 Å². The van der Waals surface area contributed by atoms with Crippen molar-refractivity contribution in [2.24, 2.45) is 0 Å². The van der Waals surface area contributed by atoms with Gasteiger partial charge in [0.15, 0.2) is 11.5 Å². The quantitative estimate of drug-likeness (QED) is 0.489. The Hall–Kier alpha value is -3.96. The lowest BCUT2D eigenvalue weighted by molar-refractivity contribution is 0.100. The SMILES string of the molecule is COc1ccc(N(C(=O)c2ccc(NC(=O)c3cccnc3)cc2)S(C)(=O)=O)cc1O[C@@H]1CCOC1. The minimum atomic E-state index is -4.01. The summed E-state index contributed by atoms with van der Waals surface area (Å²) in [7, 11) is -2.53. The van der Waals surface area contributed by atoms with Gasteiger partial charge in [-0.15, -0.1) is 0 Å². The molecule has 0 spiro atoms. The van der Waals surface area contributed by atoms with Crippen molar-refractivity contribution < 1.29 is 32.2 Å². The number of hydrogen-bond donors (Lipinski definition) is 1. The molecule has 1 saturated heterocycles. The Bertz CT molecular complexity index is 1340. The number of methoxy groups -OCH3 is 1. The van der Waals surface area contributed by atoms with Crippen LogP contribution >= 0.6 is 0 Å². The lowest BCUT2D eigenvalue weighted by Crippen LogP contribution is -2.36. The molecule has 4 rings (SSSR count). The van der Waals surface area contributed by atoms with Crippen LogP contribution in [0.25, 0.3) is 0 Å². The molecule has 2 amide bonds. The maximum Gasteiger partial charge on any atom is 0.272 e. The van der Waals surface area contributed by atoms with Crippen LogP contribution in [-0.4, -0.2) is 57.9 Å². The zero-order valence-corrected chi connectivity index (χ0v) is 20.5. The standard InChI is InChI=1S/C25H25N3O7S/c1-33-22-10-9-20(14-23(22)35-21-11-13-34-16-21)28(36(2,31)32)25(30)17-5-7-19(8-6-17)27-24(29)18-4-3-12-26-15-18/h3-10,12,14-15,21H,11,13,16H2,1-2H3,(H,27,29)/t21-/m1/s1. The molecular weight excluding hydrogens is 486 g/mol. The molecule has 1 atom stereocenters. The molecule has 1 aliphatic heterocycles. The number of ether oxygens (including phenoxy) is 3. The van der Waals surface area contributed by atoms with E-state index in [2.05, 4.69) is 10.3 Å². The molecule has 0 radical (unpaired) electrons. The number of pyridine rings is 1. The van der Waals surface area contributed by atoms with Crippen molar-refractivity contribution in [2.75, 3.05) is 36.2 Å². The van der Waals surface area contributed by atoms with Crippen LogP contribution in [0.1, 0.15) is 27.1 Å². The van der Waals surface area contributed by atoms with Gasteiger partial charge in [-0.1, -0.05) is 0 Å². The van der Waals surface area contributed by atoms with Crippen molar-refractivity contribution in [3.05, 3.63) is 78.1 Å². The fourth-order valence-electron chi connectivity index (χ4n) is 3.64. The van der Waals surface area contributed by atoms with Crippen LogP contribution in [0.15, 0.2) is 67.0 Å². The Labute approximate surface area is 208 Å². The average molecular weight is 512 g/mol. The molecule has 3 aromatic rings. The molecule has 10 nitrogen and oxygen atoms in total. The number of amides is 2. The molecule has 0 bridgehead atoms. The third-order valence-electron chi connectivity index (χ3n) is 5.39. The second kappa shape index (κ2) is 10.8. The highest BCUT2D eigenvalue weighted by molar-refractivity contribution is 7.92. The number of hydrogen-bond acceptors (Lipinski definition) is 8. The molecule has 1 aliphatic rings. The normalized spacial score (nSPS) is 15.2. The lowest BCUT2D eigenvalue weighted by atomic mass is 10.1. The first-order valence-electron chi connectivity index (χ1n) is 11.0. The minimum absolute atomic E-state index is 0.103. The molecule has 0 unspecified atom stereocenters. The Morgan fingerprint density at radius 3 is 2.47 bits per heavy atom. The Morgan fingerprint density at radius 1 is 1.08 bits per heavy atom. The predicted octanol–water partition coefficient (Wildman–Crippen LogP) is 3.12. The molecule has 1 N–H and O–H groups in total. The van der Waals surface area contributed by atoms with Gasteiger partial charge in [0.2, 0.25) is 10.0 Å². The van der Waals surface area contributed by atoms with Crippen molar-refractivity contribution in [2.45, 2.75) is 12.5 Å². The number of aromatic nitrogens is 1. The summed E-state index contributed by atoms with van der Waals surface area (Å²) in [5, 5.41) is 2.71. The number of anilines is 2. The van der Waals surface area contributed by atoms with Crippen LogP contribution in [0.4, 0.5) is 11.4 Å². The second-order valence-electron chi connectivity index (χ2n) is 8.04. The molecule has 0 saturated carbocycles. The third-order valence-corrected chi connectivity index (χ3v) is 6.43. The zero-order valence-electron chi connectivity index (χ0n) is 19.7. The van der Waals surface area contributed by atoms with E-state index < -0.39 is 15.9 Å². The van der Waals surface area contributed by atoms with Crippen LogP contribution in [-0.2, 0) is 14.8 Å². The number of sulfonamides is 1. The smallest absolute Gasteiger partial charge is 0.272 e. The number of nitrogens with zero attached hydrogens (tertiary/aromatic N) is 2. The fourth-order valence-corrected chi connectivity index (χ4v) is 4.55. The summed E-state index contributed by atoms with van der Waals surface area (Å²) in [5.41, 5.74) is 1.03. The summed E-state index contributed by atoms with van der Waals surface area (Å²) < 4.78 is 42.7. The summed E-state index contributed by atoms with van der Waals surface area (Å²) >= 11 is 0. The maximum atomic E-state index is 13.3. The van der Waals surface area contributed by atoms with E-state index in [9.17, 15) is 18.0 Å². The van der Waals surface area contributed by atoms with Crippen LogP contribution < -0.4 is 19.1 Å². The van der Waals surface area contributed by atoms with Gasteiger partial charge in [-0.05, 0) is 48.5 Å². The van der Waals surface area contributed by atoms with E-state index in [1.165, 1.54) is 49.7 Å². The van der Waals surface area contributed by atoms with E-state index in [0.717, 1.165) is 6.26 Å². The molecule has 11 heteroatoms. The van der Waals surface area contributed by atoms with Crippen LogP contribution in [0.5, 0.6) is 11.5 Å². The Kier molecular flexibility index (Phi) is 7.51. The minimum Gasteiger partial charge on any atom is -0.493 e. The lowest BCUT2D eigenvalue weighted by Gasteiger charge is -2.23. The van der Waals surface area contributed by atoms with E-state index in [1.807, 2.05) is 0 Å². The molecule has 0 aliphatic carbocycles. The van der Waals surface area contributed by atoms with Gasteiger partial charge < -0.3 is 19.5 Å². The number of rotatable bonds is 8. The van der Waals surface area contributed by atoms with E-state index in [0.29, 0.717) is 46.7 Å². The fraction of sp³-hybridized carbons (Fsp3) is 0.240. The molecule has 2 aromatic carbocycles. The van der Waals surface area contributed by atoms with Gasteiger partial charge in [-0.25, -0.2) is 12.7 Å². The van der Waals surface area contributed by atoms with Crippen LogP contribution in [0, 0.1) is 0 Å². The highest BCUT2D eigenvalue weighted by Crippen LogP contribution is 2.35. The molecule has 36 heavy (non-hydrogen) atoms. The van der Waals surface area contributed by atoms with Crippen molar-refractivity contribution in [3.8, 4) is 11.5 Å². The average Bonchev–Trinajstić information content (AvgIpc) is 3.37. The molecule has 1 aromatic heterocycles.